The second kappa shape index (κ2) is 13.2. The molecule has 0 aliphatic rings. The standard InChI is InChI=1S/C27H26N2O7/c1-3-32-21-8-10-22(11-9-21)35-18-26(30)36-24-12-7-19(15-25(24)33-4-2)14-20(16-28)27(31)29-17-23-6-5-13-34-23/h5-15H,3-4,17-18H2,1-2H3,(H,29,31)/b20-14+. The molecule has 3 rings (SSSR count). The molecule has 0 aliphatic carbocycles. The van der Waals surface area contributed by atoms with Crippen molar-refractivity contribution in [3.63, 3.8) is 0 Å². The molecule has 2 aromatic carbocycles. The molecule has 36 heavy (non-hydrogen) atoms. The number of carbonyl (C=O) groups is 2. The number of rotatable bonds is 12. The Hall–Kier alpha value is -4.71. The molecular weight excluding hydrogens is 464 g/mol. The molecule has 9 heteroatoms. The zero-order valence-electron chi connectivity index (χ0n) is 20.0. The van der Waals surface area contributed by atoms with E-state index in [4.69, 9.17) is 23.4 Å². The summed E-state index contributed by atoms with van der Waals surface area (Å²) in [5, 5.41) is 12.1. The molecule has 0 saturated heterocycles. The molecule has 1 heterocycles. The highest BCUT2D eigenvalue weighted by Crippen LogP contribution is 2.30. The van der Waals surface area contributed by atoms with Gasteiger partial charge in [0, 0.05) is 0 Å². The van der Waals surface area contributed by atoms with Crippen LogP contribution in [0.4, 0.5) is 0 Å². The van der Waals surface area contributed by atoms with Gasteiger partial charge in [-0.15, -0.1) is 0 Å². The third-order valence-electron chi connectivity index (χ3n) is 4.66. The van der Waals surface area contributed by atoms with Crippen molar-refractivity contribution in [2.45, 2.75) is 20.4 Å². The maximum atomic E-state index is 12.4. The molecule has 0 spiro atoms. The van der Waals surface area contributed by atoms with Gasteiger partial charge in [-0.1, -0.05) is 6.07 Å². The van der Waals surface area contributed by atoms with Crippen LogP contribution in [0.2, 0.25) is 0 Å². The van der Waals surface area contributed by atoms with Gasteiger partial charge in [-0.25, -0.2) is 4.79 Å². The molecule has 1 N–H and O–H groups in total. The van der Waals surface area contributed by atoms with Gasteiger partial charge in [0.25, 0.3) is 5.91 Å². The monoisotopic (exact) mass is 490 g/mol. The van der Waals surface area contributed by atoms with Crippen LogP contribution in [0.3, 0.4) is 0 Å². The fraction of sp³-hybridized carbons (Fsp3) is 0.222. The van der Waals surface area contributed by atoms with E-state index >= 15 is 0 Å². The first-order valence-corrected chi connectivity index (χ1v) is 11.3. The van der Waals surface area contributed by atoms with Gasteiger partial charge in [0.15, 0.2) is 18.1 Å². The summed E-state index contributed by atoms with van der Waals surface area (Å²) in [7, 11) is 0. The number of carbonyl (C=O) groups excluding carboxylic acids is 2. The zero-order chi connectivity index (χ0) is 25.8. The van der Waals surface area contributed by atoms with Crippen molar-refractivity contribution in [3.8, 4) is 29.1 Å². The van der Waals surface area contributed by atoms with Gasteiger partial charge in [0.2, 0.25) is 0 Å². The number of nitrogens with zero attached hydrogens (tertiary/aromatic N) is 1. The van der Waals surface area contributed by atoms with Crippen molar-refractivity contribution in [3.05, 3.63) is 77.8 Å². The van der Waals surface area contributed by atoms with E-state index in [0.29, 0.717) is 36.0 Å². The quantitative estimate of drug-likeness (QED) is 0.173. The van der Waals surface area contributed by atoms with Gasteiger partial charge in [-0.05, 0) is 74.0 Å². The molecule has 9 nitrogen and oxygen atoms in total. The largest absolute Gasteiger partial charge is 0.494 e. The third-order valence-corrected chi connectivity index (χ3v) is 4.66. The first kappa shape index (κ1) is 25.9. The minimum atomic E-state index is -0.622. The summed E-state index contributed by atoms with van der Waals surface area (Å²) in [6, 6.07) is 16.9. The van der Waals surface area contributed by atoms with E-state index in [-0.39, 0.29) is 30.2 Å². The van der Waals surface area contributed by atoms with Crippen molar-refractivity contribution in [1.82, 2.24) is 5.32 Å². The van der Waals surface area contributed by atoms with Crippen molar-refractivity contribution < 1.29 is 33.0 Å². The van der Waals surface area contributed by atoms with Crippen molar-refractivity contribution in [1.29, 1.82) is 5.26 Å². The smallest absolute Gasteiger partial charge is 0.349 e. The molecular formula is C27H26N2O7. The van der Waals surface area contributed by atoms with Crippen LogP contribution >= 0.6 is 0 Å². The summed E-state index contributed by atoms with van der Waals surface area (Å²) < 4.78 is 27.0. The second-order valence-corrected chi connectivity index (χ2v) is 7.24. The highest BCUT2D eigenvalue weighted by molar-refractivity contribution is 6.01. The number of hydrogen-bond donors (Lipinski definition) is 1. The van der Waals surface area contributed by atoms with Crippen LogP contribution < -0.4 is 24.3 Å². The molecule has 0 unspecified atom stereocenters. The number of nitrogens with one attached hydrogen (secondary N) is 1. The SMILES string of the molecule is CCOc1ccc(OCC(=O)Oc2ccc(/C=C(\C#N)C(=O)NCc3ccco3)cc2OCC)cc1. The fourth-order valence-corrected chi connectivity index (χ4v) is 3.05. The highest BCUT2D eigenvalue weighted by atomic mass is 16.6. The van der Waals surface area contributed by atoms with E-state index in [0.717, 1.165) is 0 Å². The minimum Gasteiger partial charge on any atom is -0.494 e. The predicted octanol–water partition coefficient (Wildman–Crippen LogP) is 4.28. The van der Waals surface area contributed by atoms with Crippen LogP contribution in [0.15, 0.2) is 70.9 Å². The van der Waals surface area contributed by atoms with Crippen LogP contribution in [0.5, 0.6) is 23.0 Å². The van der Waals surface area contributed by atoms with Crippen molar-refractivity contribution in [2.75, 3.05) is 19.8 Å². The lowest BCUT2D eigenvalue weighted by atomic mass is 10.1. The van der Waals surface area contributed by atoms with Crippen LogP contribution in [0, 0.1) is 11.3 Å². The summed E-state index contributed by atoms with van der Waals surface area (Å²) in [5.41, 5.74) is 0.422. The average molecular weight is 491 g/mol. The highest BCUT2D eigenvalue weighted by Gasteiger charge is 2.14. The Labute approximate surface area is 208 Å². The normalized spacial score (nSPS) is 10.8. The molecule has 3 aromatic rings. The van der Waals surface area contributed by atoms with Gasteiger partial charge in [0.05, 0.1) is 26.0 Å². The molecule has 0 fully saturated rings. The van der Waals surface area contributed by atoms with Gasteiger partial charge >= 0.3 is 5.97 Å². The molecule has 0 saturated carbocycles. The number of nitriles is 1. The van der Waals surface area contributed by atoms with Gasteiger partial charge < -0.3 is 28.7 Å². The Morgan fingerprint density at radius 3 is 2.33 bits per heavy atom. The Morgan fingerprint density at radius 1 is 0.972 bits per heavy atom. The fourth-order valence-electron chi connectivity index (χ4n) is 3.05. The van der Waals surface area contributed by atoms with Crippen molar-refractivity contribution >= 4 is 18.0 Å². The number of amides is 1. The Morgan fingerprint density at radius 2 is 1.69 bits per heavy atom. The number of esters is 1. The maximum absolute atomic E-state index is 12.4. The number of hydrogen-bond acceptors (Lipinski definition) is 8. The van der Waals surface area contributed by atoms with Crippen LogP contribution in [-0.4, -0.2) is 31.7 Å². The molecule has 1 aromatic heterocycles. The number of benzene rings is 2. The number of ether oxygens (including phenoxy) is 4. The Bertz CT molecular complexity index is 1230. The minimum absolute atomic E-state index is 0.0995. The average Bonchev–Trinajstić information content (AvgIpc) is 3.41. The maximum Gasteiger partial charge on any atom is 0.349 e. The van der Waals surface area contributed by atoms with E-state index in [9.17, 15) is 14.9 Å². The lowest BCUT2D eigenvalue weighted by molar-refractivity contribution is -0.136. The van der Waals surface area contributed by atoms with E-state index < -0.39 is 11.9 Å². The first-order valence-electron chi connectivity index (χ1n) is 11.3. The Balaban J connectivity index is 1.63. The number of furan rings is 1. The predicted molar refractivity (Wildman–Crippen MR) is 130 cm³/mol. The van der Waals surface area contributed by atoms with Gasteiger partial charge in [-0.3, -0.25) is 4.79 Å². The Kier molecular flexibility index (Phi) is 9.53. The molecule has 186 valence electrons. The zero-order valence-corrected chi connectivity index (χ0v) is 20.0. The first-order chi connectivity index (χ1) is 17.5. The van der Waals surface area contributed by atoms with E-state index in [1.165, 1.54) is 18.4 Å². The lowest BCUT2D eigenvalue weighted by Gasteiger charge is -2.12. The summed E-state index contributed by atoms with van der Waals surface area (Å²) in [4.78, 5) is 24.7. The van der Waals surface area contributed by atoms with Crippen LogP contribution in [0.25, 0.3) is 6.08 Å². The molecule has 0 atom stereocenters. The second-order valence-electron chi connectivity index (χ2n) is 7.24. The molecule has 0 radical (unpaired) electrons. The summed E-state index contributed by atoms with van der Waals surface area (Å²) in [6.07, 6.45) is 2.92. The van der Waals surface area contributed by atoms with E-state index in [1.54, 1.807) is 55.5 Å². The van der Waals surface area contributed by atoms with Crippen LogP contribution in [0.1, 0.15) is 25.2 Å². The van der Waals surface area contributed by atoms with Gasteiger partial charge in [0.1, 0.15) is 28.9 Å². The van der Waals surface area contributed by atoms with Crippen molar-refractivity contribution in [2.24, 2.45) is 0 Å². The molecule has 0 bridgehead atoms. The summed E-state index contributed by atoms with van der Waals surface area (Å²) in [5.74, 6) is 1.07. The van der Waals surface area contributed by atoms with E-state index in [2.05, 4.69) is 5.32 Å². The molecule has 0 aliphatic heterocycles. The van der Waals surface area contributed by atoms with E-state index in [1.807, 2.05) is 13.0 Å². The summed E-state index contributed by atoms with van der Waals surface area (Å²) in [6.45, 7) is 4.39. The summed E-state index contributed by atoms with van der Waals surface area (Å²) >= 11 is 0. The molecule has 1 amide bonds. The third kappa shape index (κ3) is 7.67. The van der Waals surface area contributed by atoms with Crippen LogP contribution in [-0.2, 0) is 16.1 Å². The lowest BCUT2D eigenvalue weighted by Crippen LogP contribution is -2.23. The topological polar surface area (TPSA) is 120 Å². The van der Waals surface area contributed by atoms with Gasteiger partial charge in [-0.2, -0.15) is 5.26 Å².